The van der Waals surface area contributed by atoms with E-state index < -0.39 is 11.5 Å². The number of carbonyl (C=O) groups excluding carboxylic acids is 1. The van der Waals surface area contributed by atoms with Crippen molar-refractivity contribution in [1.29, 1.82) is 0 Å². The molecular weight excluding hydrogens is 220 g/mol. The first-order chi connectivity index (χ1) is 7.58. The molecule has 0 rings (SSSR count). The van der Waals surface area contributed by atoms with Gasteiger partial charge in [-0.3, -0.25) is 0 Å². The third-order valence-corrected chi connectivity index (χ3v) is 2.75. The summed E-state index contributed by atoms with van der Waals surface area (Å²) in [5.74, 6) is -0.552. The molecule has 1 atom stereocenters. The molecule has 2 amide bonds. The summed E-state index contributed by atoms with van der Waals surface area (Å²) >= 11 is 0. The van der Waals surface area contributed by atoms with Gasteiger partial charge in [-0.1, -0.05) is 13.8 Å². The molecule has 0 saturated carbocycles. The Bertz CT molecular complexity index is 287. The molecular formula is C12H24N2O3. The van der Waals surface area contributed by atoms with Crippen LogP contribution in [0.2, 0.25) is 0 Å². The lowest BCUT2D eigenvalue weighted by molar-refractivity contribution is -0.143. The molecule has 100 valence electrons. The normalized spacial score (nSPS) is 13.4. The van der Waals surface area contributed by atoms with Crippen LogP contribution in [-0.2, 0) is 4.79 Å². The number of aliphatic carboxylic acids is 1. The second-order valence-corrected chi connectivity index (χ2v) is 5.45. The van der Waals surface area contributed by atoms with E-state index in [-0.39, 0.29) is 12.1 Å². The van der Waals surface area contributed by atoms with E-state index in [1.807, 2.05) is 6.92 Å². The lowest BCUT2D eigenvalue weighted by Crippen LogP contribution is -2.55. The van der Waals surface area contributed by atoms with Gasteiger partial charge in [-0.05, 0) is 33.1 Å². The highest BCUT2D eigenvalue weighted by Gasteiger charge is 2.31. The molecule has 5 nitrogen and oxygen atoms in total. The van der Waals surface area contributed by atoms with Crippen molar-refractivity contribution >= 4 is 12.0 Å². The lowest BCUT2D eigenvalue weighted by atomic mass is 10.0. The van der Waals surface area contributed by atoms with Crippen LogP contribution in [0.25, 0.3) is 0 Å². The molecule has 0 aromatic rings. The van der Waals surface area contributed by atoms with E-state index in [2.05, 4.69) is 19.2 Å². The van der Waals surface area contributed by atoms with Crippen molar-refractivity contribution in [3.63, 3.8) is 0 Å². The number of rotatable bonds is 5. The Morgan fingerprint density at radius 3 is 2.12 bits per heavy atom. The van der Waals surface area contributed by atoms with E-state index in [4.69, 9.17) is 5.11 Å². The van der Waals surface area contributed by atoms with Gasteiger partial charge in [-0.15, -0.1) is 0 Å². The van der Waals surface area contributed by atoms with E-state index in [0.717, 1.165) is 6.42 Å². The van der Waals surface area contributed by atoms with Crippen molar-refractivity contribution < 1.29 is 14.7 Å². The smallest absolute Gasteiger partial charge is 0.328 e. The first-order valence-electron chi connectivity index (χ1n) is 5.86. The van der Waals surface area contributed by atoms with Gasteiger partial charge in [0.1, 0.15) is 5.54 Å². The number of carbonyl (C=O) groups is 2. The fourth-order valence-electron chi connectivity index (χ4n) is 1.45. The first-order valence-corrected chi connectivity index (χ1v) is 5.86. The quantitative estimate of drug-likeness (QED) is 0.776. The van der Waals surface area contributed by atoms with Crippen molar-refractivity contribution in [3.05, 3.63) is 0 Å². The topological polar surface area (TPSA) is 69.6 Å². The van der Waals surface area contributed by atoms with Gasteiger partial charge in [0.05, 0.1) is 0 Å². The predicted molar refractivity (Wildman–Crippen MR) is 66.9 cm³/mol. The van der Waals surface area contributed by atoms with Crippen molar-refractivity contribution in [3.8, 4) is 0 Å². The summed E-state index contributed by atoms with van der Waals surface area (Å²) in [6, 6.07) is -0.273. The van der Waals surface area contributed by atoms with Gasteiger partial charge in [0, 0.05) is 13.1 Å². The number of nitrogens with zero attached hydrogens (tertiary/aromatic N) is 1. The number of nitrogens with one attached hydrogen (secondary N) is 1. The summed E-state index contributed by atoms with van der Waals surface area (Å²) in [5, 5.41) is 11.4. The number of carboxylic acids is 1. The Kier molecular flexibility index (Phi) is 5.45. The van der Waals surface area contributed by atoms with Crippen LogP contribution in [0.5, 0.6) is 0 Å². The van der Waals surface area contributed by atoms with E-state index in [9.17, 15) is 9.59 Å². The number of amides is 2. The zero-order valence-electron chi connectivity index (χ0n) is 11.6. The zero-order chi connectivity index (χ0) is 13.8. The molecule has 0 spiro atoms. The minimum absolute atomic E-state index is 0.0830. The van der Waals surface area contributed by atoms with E-state index in [1.165, 1.54) is 13.8 Å². The molecule has 0 aliphatic rings. The highest BCUT2D eigenvalue weighted by atomic mass is 16.4. The summed E-state index contributed by atoms with van der Waals surface area (Å²) in [6.07, 6.45) is 0.886. The Morgan fingerprint density at radius 1 is 1.29 bits per heavy atom. The van der Waals surface area contributed by atoms with E-state index >= 15 is 0 Å². The molecule has 0 fully saturated rings. The highest BCUT2D eigenvalue weighted by Crippen LogP contribution is 2.11. The number of hydrogen-bond acceptors (Lipinski definition) is 2. The standard InChI is InChI=1S/C12H24N2O3/c1-8(2)7-9(3)14(6)11(17)13-12(4,5)10(15)16/h8-9H,7H2,1-6H3,(H,13,17)(H,15,16). The predicted octanol–water partition coefficient (Wildman–Crippen LogP) is 1.93. The largest absolute Gasteiger partial charge is 0.480 e. The molecule has 0 radical (unpaired) electrons. The third kappa shape index (κ3) is 5.06. The van der Waals surface area contributed by atoms with Crippen LogP contribution in [0, 0.1) is 5.92 Å². The van der Waals surface area contributed by atoms with Gasteiger partial charge < -0.3 is 15.3 Å². The Labute approximate surface area is 103 Å². The molecule has 2 N–H and O–H groups in total. The number of carboxylic acid groups (broad SMARTS) is 1. The Hall–Kier alpha value is -1.26. The molecule has 0 aromatic carbocycles. The first kappa shape index (κ1) is 15.7. The Balaban J connectivity index is 4.46. The van der Waals surface area contributed by atoms with Crippen molar-refractivity contribution in [2.75, 3.05) is 7.05 Å². The molecule has 5 heteroatoms. The molecule has 0 aliphatic carbocycles. The minimum Gasteiger partial charge on any atom is -0.480 e. The van der Waals surface area contributed by atoms with Gasteiger partial charge in [0.2, 0.25) is 0 Å². The Morgan fingerprint density at radius 2 is 1.76 bits per heavy atom. The average Bonchev–Trinajstić information content (AvgIpc) is 2.14. The van der Waals surface area contributed by atoms with Crippen molar-refractivity contribution in [2.45, 2.75) is 52.6 Å². The SMILES string of the molecule is CC(C)CC(C)N(C)C(=O)NC(C)(C)C(=O)O. The lowest BCUT2D eigenvalue weighted by Gasteiger charge is -2.30. The molecule has 17 heavy (non-hydrogen) atoms. The minimum atomic E-state index is -1.25. The zero-order valence-corrected chi connectivity index (χ0v) is 11.6. The summed E-state index contributed by atoms with van der Waals surface area (Å²) in [5.41, 5.74) is -1.25. The highest BCUT2D eigenvalue weighted by molar-refractivity contribution is 5.85. The maximum Gasteiger partial charge on any atom is 0.328 e. The van der Waals surface area contributed by atoms with Gasteiger partial charge in [0.25, 0.3) is 0 Å². The van der Waals surface area contributed by atoms with E-state index in [0.29, 0.717) is 5.92 Å². The van der Waals surface area contributed by atoms with E-state index in [1.54, 1.807) is 11.9 Å². The molecule has 0 saturated heterocycles. The summed E-state index contributed by atoms with van der Waals surface area (Å²) in [6.45, 7) is 9.06. The summed E-state index contributed by atoms with van der Waals surface area (Å²) < 4.78 is 0. The van der Waals surface area contributed by atoms with Gasteiger partial charge >= 0.3 is 12.0 Å². The maximum atomic E-state index is 11.8. The molecule has 0 aromatic heterocycles. The number of urea groups is 1. The van der Waals surface area contributed by atoms with Crippen molar-refractivity contribution in [2.24, 2.45) is 5.92 Å². The summed E-state index contributed by atoms with van der Waals surface area (Å²) in [4.78, 5) is 24.3. The summed E-state index contributed by atoms with van der Waals surface area (Å²) in [7, 11) is 1.68. The molecule has 0 aliphatic heterocycles. The second-order valence-electron chi connectivity index (χ2n) is 5.45. The van der Waals surface area contributed by atoms with Crippen LogP contribution in [0.1, 0.15) is 41.0 Å². The van der Waals surface area contributed by atoms with Gasteiger partial charge in [-0.25, -0.2) is 9.59 Å². The van der Waals surface area contributed by atoms with Crippen LogP contribution in [0.3, 0.4) is 0 Å². The molecule has 0 bridgehead atoms. The van der Waals surface area contributed by atoms with Crippen LogP contribution >= 0.6 is 0 Å². The monoisotopic (exact) mass is 244 g/mol. The van der Waals surface area contributed by atoms with Crippen LogP contribution in [0.15, 0.2) is 0 Å². The van der Waals surface area contributed by atoms with Gasteiger partial charge in [-0.2, -0.15) is 0 Å². The number of hydrogen-bond donors (Lipinski definition) is 2. The fourth-order valence-corrected chi connectivity index (χ4v) is 1.45. The second kappa shape index (κ2) is 5.89. The van der Waals surface area contributed by atoms with Crippen LogP contribution < -0.4 is 5.32 Å². The molecule has 0 heterocycles. The van der Waals surface area contributed by atoms with Crippen LogP contribution in [-0.4, -0.2) is 40.6 Å². The fraction of sp³-hybridized carbons (Fsp3) is 0.833. The maximum absolute atomic E-state index is 11.8. The third-order valence-electron chi connectivity index (χ3n) is 2.75. The average molecular weight is 244 g/mol. The van der Waals surface area contributed by atoms with Crippen LogP contribution in [0.4, 0.5) is 4.79 Å². The molecule has 1 unspecified atom stereocenters. The van der Waals surface area contributed by atoms with Gasteiger partial charge in [0.15, 0.2) is 0 Å². The van der Waals surface area contributed by atoms with Crippen molar-refractivity contribution in [1.82, 2.24) is 10.2 Å².